The number of alkyl halides is 3. The highest BCUT2D eigenvalue weighted by atomic mass is 28.4. The average molecular weight is 1730 g/mol. The second-order valence-electron chi connectivity index (χ2n) is 42.6. The fourth-order valence-corrected chi connectivity index (χ4v) is 21.9. The molecule has 1 aromatic carbocycles. The lowest BCUT2D eigenvalue weighted by atomic mass is 9.75. The van der Waals surface area contributed by atoms with Gasteiger partial charge in [-0.05, 0) is 139 Å². The van der Waals surface area contributed by atoms with Crippen LogP contribution in [0.3, 0.4) is 0 Å². The van der Waals surface area contributed by atoms with Gasteiger partial charge in [0.15, 0.2) is 33.3 Å². The van der Waals surface area contributed by atoms with Gasteiger partial charge in [-0.15, -0.1) is 0 Å². The lowest BCUT2D eigenvalue weighted by Crippen LogP contribution is -2.66. The maximum atomic E-state index is 17.0. The van der Waals surface area contributed by atoms with Crippen LogP contribution in [-0.2, 0) is 71.8 Å². The number of nitrogens with zero attached hydrogens (tertiary/aromatic N) is 3. The Kier molecular flexibility index (Phi) is 32.8. The number of hydrogen-bond donors (Lipinski definition) is 7. The molecule has 8 amide bonds. The summed E-state index contributed by atoms with van der Waals surface area (Å²) < 4.78 is 88.7. The van der Waals surface area contributed by atoms with Gasteiger partial charge in [0.25, 0.3) is 0 Å². The van der Waals surface area contributed by atoms with E-state index in [2.05, 4.69) is 203 Å². The molecule has 0 bridgehead atoms. The summed E-state index contributed by atoms with van der Waals surface area (Å²) in [5, 5.41) is 25.3. The summed E-state index contributed by atoms with van der Waals surface area (Å²) >= 11 is 0. The van der Waals surface area contributed by atoms with Crippen LogP contribution in [0.1, 0.15) is 164 Å². The molecule has 5 rings (SSSR count). The average Bonchev–Trinajstić information content (AvgIpc) is 1.60. The second kappa shape index (κ2) is 37.2. The fraction of sp³-hybridized carbons (Fsp3) is 0.821. The molecular weight excluding hydrogens is 1580 g/mol. The first-order valence-corrected chi connectivity index (χ1v) is 59.1. The van der Waals surface area contributed by atoms with Gasteiger partial charge in [-0.1, -0.05) is 177 Å². The number of halogens is 3. The van der Waals surface area contributed by atoms with Crippen LogP contribution in [0.5, 0.6) is 5.75 Å². The van der Waals surface area contributed by atoms with Crippen LogP contribution in [0.4, 0.5) is 13.2 Å². The normalized spacial score (nSPS) is 21.3. The number of likely N-dealkylation sites (tertiary alicyclic amines) is 2. The number of carbonyl (C=O) groups excluding carboxylic acids is 8. The Morgan fingerprint density at radius 2 is 1.06 bits per heavy atom. The molecule has 0 aliphatic carbocycles. The van der Waals surface area contributed by atoms with E-state index in [1.165, 1.54) is 23.5 Å². The molecule has 4 heterocycles. The van der Waals surface area contributed by atoms with Crippen molar-refractivity contribution in [3.05, 3.63) is 29.8 Å². The van der Waals surface area contributed by atoms with Crippen molar-refractivity contribution in [1.82, 2.24) is 46.3 Å². The highest BCUT2D eigenvalue weighted by Crippen LogP contribution is 2.46. The van der Waals surface area contributed by atoms with Gasteiger partial charge in [-0.25, -0.2) is 0 Å². The maximum Gasteiger partial charge on any atom is 0.471 e. The van der Waals surface area contributed by atoms with Crippen LogP contribution in [0.25, 0.3) is 0 Å². The van der Waals surface area contributed by atoms with E-state index in [0.29, 0.717) is 17.4 Å². The molecule has 37 heteroatoms. The lowest BCUT2D eigenvalue weighted by molar-refractivity contribution is -0.173. The van der Waals surface area contributed by atoms with Gasteiger partial charge in [-0.3, -0.25) is 38.4 Å². The third kappa shape index (κ3) is 26.4. The highest BCUT2D eigenvalue weighted by Gasteiger charge is 2.61. The zero-order chi connectivity index (χ0) is 88.6. The number of amides is 8. The predicted octanol–water partition coefficient (Wildman–Crippen LogP) is 11.7. The molecule has 7 N–H and O–H groups in total. The highest BCUT2D eigenvalue weighted by molar-refractivity contribution is 6.80. The number of benzene rings is 1. The standard InChI is InChI=1S/C78H147B3F3N9O16Si6/c1-49(42-86-71(101)78(82,83)84)64(94)85-43-56(90-79(23)102)65(95)87-59(51(3)46-110(24,25)72(5,6)7)68(98)91-45-55(107-113(30,31)75(14,15)16)41-57(91)66(96)89-61(58(108-114(32,33)76(17,18)19)40-53-36-38-54(39-37-53)106-112(28,29)74(11,12)13)67(97)88-60(52(4)105-111(26,27)73(8,9)10)69(99)92-44-50(2)63(109-115(34,35)77(20,21)22)62(92)70(100)93(80-47-103-80)81-48-104-81/h36-39,49-52,55-63,90,102H,40-48H2,1-35H3,(H,85,94)(H,86,101)(H,87,95)(H,88,97)(H,89,96). The van der Waals surface area contributed by atoms with Gasteiger partial charge in [-0.2, -0.15) is 13.2 Å². The molecule has 13 unspecified atom stereocenters. The molecule has 115 heavy (non-hydrogen) atoms. The molecule has 0 aromatic heterocycles. The van der Waals surface area contributed by atoms with Gasteiger partial charge in [0, 0.05) is 38.5 Å². The number of nitrogens with one attached hydrogen (secondary N) is 6. The molecule has 654 valence electrons. The van der Waals surface area contributed by atoms with E-state index in [4.69, 9.17) is 31.4 Å². The fourth-order valence-electron chi connectivity index (χ4n) is 12.9. The Hall–Kier alpha value is -4.25. The minimum absolute atomic E-state index is 0.0218. The topological polar surface area (TPSA) is 310 Å². The minimum atomic E-state index is -5.20. The monoisotopic (exact) mass is 1720 g/mol. The van der Waals surface area contributed by atoms with Gasteiger partial charge in [0.1, 0.15) is 36.0 Å². The summed E-state index contributed by atoms with van der Waals surface area (Å²) in [5.41, 5.74) is 0.714. The number of hydrogen-bond acceptors (Lipinski definition) is 17. The molecule has 4 aliphatic rings. The van der Waals surface area contributed by atoms with Crippen molar-refractivity contribution in [1.29, 1.82) is 0 Å². The first kappa shape index (κ1) is 101. The smallest absolute Gasteiger partial charge is 0.471 e. The summed E-state index contributed by atoms with van der Waals surface area (Å²) in [4.78, 5) is 126. The molecule has 4 fully saturated rings. The predicted molar refractivity (Wildman–Crippen MR) is 466 cm³/mol. The Morgan fingerprint density at radius 3 is 1.52 bits per heavy atom. The van der Waals surface area contributed by atoms with E-state index in [9.17, 15) is 27.8 Å². The van der Waals surface area contributed by atoms with Gasteiger partial charge in [0.2, 0.25) is 49.7 Å². The van der Waals surface area contributed by atoms with Crippen LogP contribution >= 0.6 is 0 Å². The third-order valence-electron chi connectivity index (χ3n) is 26.7. The maximum absolute atomic E-state index is 17.0. The number of rotatable bonds is 35. The first-order valence-electron chi connectivity index (χ1n) is 41.3. The molecule has 25 nitrogen and oxygen atoms in total. The molecule has 4 aliphatic heterocycles. The zero-order valence-corrected chi connectivity index (χ0v) is 82.5. The first-order chi connectivity index (χ1) is 51.7. The largest absolute Gasteiger partial charge is 0.544 e. The van der Waals surface area contributed by atoms with Crippen molar-refractivity contribution in [2.75, 3.05) is 39.2 Å². The Labute approximate surface area is 694 Å². The molecule has 4 saturated heterocycles. The Bertz CT molecular complexity index is 3550. The summed E-state index contributed by atoms with van der Waals surface area (Å²) in [6.45, 7) is 70.4. The Morgan fingerprint density at radius 1 is 0.591 bits per heavy atom. The third-order valence-corrected chi connectivity index (χ3v) is 54.8. The minimum Gasteiger partial charge on any atom is -0.544 e. The molecule has 1 aromatic rings. The lowest BCUT2D eigenvalue weighted by Gasteiger charge is -2.43. The molecule has 0 saturated carbocycles. The molecule has 0 spiro atoms. The van der Waals surface area contributed by atoms with Crippen molar-refractivity contribution in [2.24, 2.45) is 17.8 Å². The van der Waals surface area contributed by atoms with Gasteiger partial charge in [0.05, 0.1) is 57.5 Å². The summed E-state index contributed by atoms with van der Waals surface area (Å²) in [6, 6.07) is -0.623. The van der Waals surface area contributed by atoms with E-state index in [1.54, 1.807) is 17.0 Å². The molecule has 0 radical (unpaired) electrons. The SMILES string of the molecule is CB(O)NC(CNC(=O)C(C)CNC(=O)C(F)(F)F)C(=O)NC(C(=O)N1CC(O[Si](C)(C)C(C)(C)C)CC1C(=O)NC(C(=O)NC(C(=O)N1CC(C)C(O[Si](C)(C)C(C)(C)C)C1C(=O)N(B1CO1)B1CO1)C(C)O[Si](C)(C)C(C)(C)C)C(Cc1ccc(O[Si](C)(C)C(C)(C)C)cc1)O[Si](C)(C)C(C)(C)C)C(C)C[Si](C)(C)C(C)(C)C. The summed E-state index contributed by atoms with van der Waals surface area (Å²) in [6.07, 6.45) is -9.11. The summed E-state index contributed by atoms with van der Waals surface area (Å²) in [5.74, 6) is -8.85. The summed E-state index contributed by atoms with van der Waals surface area (Å²) in [7, 11) is -18.7. The van der Waals surface area contributed by atoms with E-state index < -0.39 is 226 Å². The zero-order valence-electron chi connectivity index (χ0n) is 76.5. The molecular formula is C78H147B3F3N9O16Si6. The van der Waals surface area contributed by atoms with Crippen LogP contribution in [-0.4, -0.2) is 244 Å². The van der Waals surface area contributed by atoms with E-state index in [1.807, 2.05) is 64.3 Å². The van der Waals surface area contributed by atoms with Gasteiger partial charge >= 0.3 is 33.2 Å². The number of carbonyl (C=O) groups is 8. The van der Waals surface area contributed by atoms with E-state index in [-0.39, 0.29) is 59.1 Å². The van der Waals surface area contributed by atoms with Crippen LogP contribution in [0, 0.1) is 17.8 Å². The van der Waals surface area contributed by atoms with Crippen molar-refractivity contribution < 1.29 is 88.0 Å². The van der Waals surface area contributed by atoms with Crippen LogP contribution < -0.4 is 36.2 Å². The van der Waals surface area contributed by atoms with Crippen molar-refractivity contribution in [3.63, 3.8) is 0 Å². The van der Waals surface area contributed by atoms with E-state index >= 15 is 28.8 Å². The van der Waals surface area contributed by atoms with Crippen molar-refractivity contribution in [2.45, 2.75) is 354 Å². The molecule has 13 atom stereocenters. The quantitative estimate of drug-likeness (QED) is 0.0245. The van der Waals surface area contributed by atoms with Crippen molar-refractivity contribution in [3.8, 4) is 5.75 Å². The van der Waals surface area contributed by atoms with E-state index in [0.717, 1.165) is 0 Å². The second-order valence-corrected chi connectivity index (χ2v) is 72.0. The Balaban J connectivity index is 1.82. The van der Waals surface area contributed by atoms with Gasteiger partial charge < -0.3 is 82.8 Å². The van der Waals surface area contributed by atoms with Crippen LogP contribution in [0.15, 0.2) is 24.3 Å². The van der Waals surface area contributed by atoms with Crippen LogP contribution in [0.2, 0.25) is 122 Å². The van der Waals surface area contributed by atoms with Crippen molar-refractivity contribution >= 4 is 118 Å².